The Morgan fingerprint density at radius 1 is 1.36 bits per heavy atom. The molecule has 0 amide bonds. The van der Waals surface area contributed by atoms with Gasteiger partial charge in [-0.15, -0.1) is 0 Å². The number of hydrogen-bond acceptors (Lipinski definition) is 4. The van der Waals surface area contributed by atoms with Gasteiger partial charge in [-0.3, -0.25) is 4.90 Å². The van der Waals surface area contributed by atoms with Gasteiger partial charge in [0.05, 0.1) is 18.0 Å². The van der Waals surface area contributed by atoms with Crippen LogP contribution < -0.4 is 0 Å². The van der Waals surface area contributed by atoms with Crippen molar-refractivity contribution in [2.24, 2.45) is 0 Å². The van der Waals surface area contributed by atoms with Gasteiger partial charge in [0.25, 0.3) is 0 Å². The number of nitrogens with one attached hydrogen (secondary N) is 1. The molecule has 2 heterocycles. The van der Waals surface area contributed by atoms with Gasteiger partial charge in [-0.1, -0.05) is 42.0 Å². The first-order chi connectivity index (χ1) is 10.8. The Hall–Kier alpha value is -1.98. The van der Waals surface area contributed by atoms with Crippen LogP contribution in [0.2, 0.25) is 0 Å². The van der Waals surface area contributed by atoms with Gasteiger partial charge < -0.3 is 4.74 Å². The van der Waals surface area contributed by atoms with Crippen LogP contribution in [-0.2, 0) is 4.74 Å². The van der Waals surface area contributed by atoms with Crippen molar-refractivity contribution in [1.82, 2.24) is 20.3 Å². The van der Waals surface area contributed by atoms with Crippen LogP contribution in [0.25, 0.3) is 6.08 Å². The Morgan fingerprint density at radius 2 is 2.18 bits per heavy atom. The number of aromatic nitrogens is 3. The van der Waals surface area contributed by atoms with E-state index in [-0.39, 0.29) is 12.0 Å². The molecule has 3 rings (SSSR count). The molecule has 1 saturated heterocycles. The van der Waals surface area contributed by atoms with E-state index in [1.807, 2.05) is 6.07 Å². The smallest absolute Gasteiger partial charge is 0.0894 e. The number of H-pyrrole nitrogens is 1. The molecule has 22 heavy (non-hydrogen) atoms. The second kappa shape index (κ2) is 6.85. The van der Waals surface area contributed by atoms with Crippen molar-refractivity contribution in [2.75, 3.05) is 26.7 Å². The van der Waals surface area contributed by atoms with Gasteiger partial charge in [-0.05, 0) is 12.5 Å². The lowest BCUT2D eigenvalue weighted by atomic mass is 10.0. The lowest BCUT2D eigenvalue weighted by molar-refractivity contribution is 0.0972. The third-order valence-electron chi connectivity index (χ3n) is 4.14. The standard InChI is InChI=1S/C17H22N4O/c1-13(8-14-6-4-3-5-7-14)10-21-11-15(17(12-21)22-2)16-9-18-20-19-16/h3-9,15,17H,10-12H2,1-2H3,(H,18,19,20)/b13-8+/t15-,17+/m0/s1. The number of rotatable bonds is 5. The summed E-state index contributed by atoms with van der Waals surface area (Å²) in [4.78, 5) is 2.42. The molecule has 116 valence electrons. The highest BCUT2D eigenvalue weighted by Crippen LogP contribution is 2.28. The van der Waals surface area contributed by atoms with Gasteiger partial charge in [-0.25, -0.2) is 0 Å². The van der Waals surface area contributed by atoms with E-state index in [9.17, 15) is 0 Å². The second-order valence-electron chi connectivity index (χ2n) is 5.87. The topological polar surface area (TPSA) is 54.0 Å². The van der Waals surface area contributed by atoms with E-state index in [4.69, 9.17) is 4.74 Å². The number of likely N-dealkylation sites (tertiary alicyclic amines) is 1. The fourth-order valence-corrected chi connectivity index (χ4v) is 3.13. The molecule has 0 aliphatic carbocycles. The van der Waals surface area contributed by atoms with Gasteiger partial charge in [0.1, 0.15) is 0 Å². The summed E-state index contributed by atoms with van der Waals surface area (Å²) in [5.41, 5.74) is 3.58. The zero-order valence-electron chi connectivity index (χ0n) is 13.1. The third kappa shape index (κ3) is 3.43. The minimum Gasteiger partial charge on any atom is -0.379 e. The van der Waals surface area contributed by atoms with Crippen LogP contribution in [0.4, 0.5) is 0 Å². The molecule has 1 fully saturated rings. The number of aromatic amines is 1. The Morgan fingerprint density at radius 3 is 2.86 bits per heavy atom. The van der Waals surface area contributed by atoms with Crippen molar-refractivity contribution >= 4 is 6.08 Å². The Bertz CT molecular complexity index is 609. The molecule has 5 nitrogen and oxygen atoms in total. The molecule has 0 bridgehead atoms. The molecule has 1 aromatic heterocycles. The predicted molar refractivity (Wildman–Crippen MR) is 86.5 cm³/mol. The molecule has 5 heteroatoms. The predicted octanol–water partition coefficient (Wildman–Crippen LogP) is 2.32. The van der Waals surface area contributed by atoms with E-state index in [0.29, 0.717) is 0 Å². The van der Waals surface area contributed by atoms with E-state index < -0.39 is 0 Å². The summed E-state index contributed by atoms with van der Waals surface area (Å²) in [7, 11) is 1.77. The first-order valence-electron chi connectivity index (χ1n) is 7.59. The van der Waals surface area contributed by atoms with Gasteiger partial charge in [0.15, 0.2) is 0 Å². The van der Waals surface area contributed by atoms with Crippen molar-refractivity contribution in [3.63, 3.8) is 0 Å². The van der Waals surface area contributed by atoms with Gasteiger partial charge in [0, 0.05) is 32.7 Å². The summed E-state index contributed by atoms with van der Waals surface area (Å²) in [6.45, 7) is 5.00. The quantitative estimate of drug-likeness (QED) is 0.920. The Balaban J connectivity index is 1.65. The zero-order valence-corrected chi connectivity index (χ0v) is 13.1. The molecular weight excluding hydrogens is 276 g/mol. The highest BCUT2D eigenvalue weighted by atomic mass is 16.5. The molecule has 2 aromatic rings. The number of nitrogens with zero attached hydrogens (tertiary/aromatic N) is 3. The number of benzene rings is 1. The summed E-state index contributed by atoms with van der Waals surface area (Å²) in [6, 6.07) is 10.4. The maximum absolute atomic E-state index is 5.63. The van der Waals surface area contributed by atoms with Crippen LogP contribution in [0.15, 0.2) is 42.1 Å². The van der Waals surface area contributed by atoms with E-state index in [1.54, 1.807) is 13.3 Å². The van der Waals surface area contributed by atoms with Crippen LogP contribution >= 0.6 is 0 Å². The van der Waals surface area contributed by atoms with Crippen molar-refractivity contribution < 1.29 is 4.74 Å². The van der Waals surface area contributed by atoms with Crippen LogP contribution in [-0.4, -0.2) is 53.2 Å². The van der Waals surface area contributed by atoms with Crippen molar-refractivity contribution in [3.8, 4) is 0 Å². The van der Waals surface area contributed by atoms with E-state index >= 15 is 0 Å². The summed E-state index contributed by atoms with van der Waals surface area (Å²) >= 11 is 0. The van der Waals surface area contributed by atoms with Crippen molar-refractivity contribution in [3.05, 3.63) is 53.4 Å². The zero-order chi connectivity index (χ0) is 15.4. The highest BCUT2D eigenvalue weighted by molar-refractivity contribution is 5.52. The molecule has 1 N–H and O–H groups in total. The van der Waals surface area contributed by atoms with E-state index in [1.165, 1.54) is 11.1 Å². The van der Waals surface area contributed by atoms with Gasteiger partial charge >= 0.3 is 0 Å². The summed E-state index contributed by atoms with van der Waals surface area (Å²) in [6.07, 6.45) is 4.22. The second-order valence-corrected chi connectivity index (χ2v) is 5.87. The third-order valence-corrected chi connectivity index (χ3v) is 4.14. The molecule has 0 radical (unpaired) electrons. The van der Waals surface area contributed by atoms with Crippen LogP contribution in [0.5, 0.6) is 0 Å². The molecular formula is C17H22N4O. The summed E-state index contributed by atoms with van der Waals surface area (Å²) in [5.74, 6) is 0.285. The monoisotopic (exact) mass is 298 g/mol. The Labute approximate surface area is 131 Å². The van der Waals surface area contributed by atoms with Gasteiger partial charge in [-0.2, -0.15) is 15.4 Å². The average molecular weight is 298 g/mol. The normalized spacial score (nSPS) is 23.1. The number of ether oxygens (including phenoxy) is 1. The molecule has 1 aliphatic rings. The maximum Gasteiger partial charge on any atom is 0.0894 e. The molecule has 0 spiro atoms. The molecule has 0 saturated carbocycles. The SMILES string of the molecule is CO[C@@H]1CN(C/C(C)=C/c2ccccc2)C[C@H]1c1cn[nH]n1. The van der Waals surface area contributed by atoms with E-state index in [2.05, 4.69) is 57.6 Å². The largest absolute Gasteiger partial charge is 0.379 e. The summed E-state index contributed by atoms with van der Waals surface area (Å²) < 4.78 is 5.63. The summed E-state index contributed by atoms with van der Waals surface area (Å²) in [5, 5.41) is 10.8. The lowest BCUT2D eigenvalue weighted by Crippen LogP contribution is -2.24. The fraction of sp³-hybridized carbons (Fsp3) is 0.412. The van der Waals surface area contributed by atoms with Crippen molar-refractivity contribution in [1.29, 1.82) is 0 Å². The Kier molecular flexibility index (Phi) is 4.65. The van der Waals surface area contributed by atoms with Crippen molar-refractivity contribution in [2.45, 2.75) is 18.9 Å². The first-order valence-corrected chi connectivity index (χ1v) is 7.59. The molecule has 1 aliphatic heterocycles. The molecule has 0 unspecified atom stereocenters. The fourth-order valence-electron chi connectivity index (χ4n) is 3.13. The minimum atomic E-state index is 0.176. The minimum absolute atomic E-state index is 0.176. The number of methoxy groups -OCH3 is 1. The highest BCUT2D eigenvalue weighted by Gasteiger charge is 2.35. The maximum atomic E-state index is 5.63. The van der Waals surface area contributed by atoms with Crippen LogP contribution in [0.3, 0.4) is 0 Å². The van der Waals surface area contributed by atoms with Crippen LogP contribution in [0.1, 0.15) is 24.1 Å². The van der Waals surface area contributed by atoms with E-state index in [0.717, 1.165) is 25.3 Å². The lowest BCUT2D eigenvalue weighted by Gasteiger charge is -2.15. The van der Waals surface area contributed by atoms with Crippen LogP contribution in [0, 0.1) is 0 Å². The first kappa shape index (κ1) is 14.9. The molecule has 2 atom stereocenters. The average Bonchev–Trinajstić information content (AvgIpc) is 3.16. The number of hydrogen-bond donors (Lipinski definition) is 1. The molecule has 1 aromatic carbocycles. The van der Waals surface area contributed by atoms with Gasteiger partial charge in [0.2, 0.25) is 0 Å².